The number of carbonyl (C=O) groups excluding carboxylic acids is 6. The van der Waals surface area contributed by atoms with Gasteiger partial charge in [-0.2, -0.15) is 0 Å². The lowest BCUT2D eigenvalue weighted by Crippen LogP contribution is -2.50. The lowest BCUT2D eigenvalue weighted by Gasteiger charge is -2.34. The molecule has 0 bridgehead atoms. The Morgan fingerprint density at radius 2 is 1.72 bits per heavy atom. The summed E-state index contributed by atoms with van der Waals surface area (Å²) in [5.74, 6) is -4.13. The minimum Gasteiger partial charge on any atom is -0.363 e. The fourth-order valence-electron chi connectivity index (χ4n) is 6.58. The average Bonchev–Trinajstić information content (AvgIpc) is 3.14. The van der Waals surface area contributed by atoms with E-state index in [0.29, 0.717) is 18.9 Å². The van der Waals surface area contributed by atoms with Crippen LogP contribution in [0.15, 0.2) is 12.7 Å². The van der Waals surface area contributed by atoms with Gasteiger partial charge >= 0.3 is 0 Å². The zero-order chi connectivity index (χ0) is 29.3. The molecule has 9 nitrogen and oxygen atoms in total. The van der Waals surface area contributed by atoms with Gasteiger partial charge in [-0.3, -0.25) is 28.8 Å². The fraction of sp³-hybridized carbons (Fsp3) is 0.733. The van der Waals surface area contributed by atoms with Gasteiger partial charge in [0.05, 0.1) is 12.0 Å². The highest BCUT2D eigenvalue weighted by Gasteiger charge is 2.69. The topological polar surface area (TPSA) is 144 Å². The first-order valence-corrected chi connectivity index (χ1v) is 14.2. The summed E-state index contributed by atoms with van der Waals surface area (Å²) in [7, 11) is 0. The molecule has 2 aliphatic carbocycles. The Bertz CT molecular complexity index is 1040. The van der Waals surface area contributed by atoms with Crippen molar-refractivity contribution in [2.45, 2.75) is 85.6 Å². The third-order valence-electron chi connectivity index (χ3n) is 8.98. The number of rotatable bonds is 14. The van der Waals surface area contributed by atoms with Crippen molar-refractivity contribution in [3.63, 3.8) is 0 Å². The van der Waals surface area contributed by atoms with Crippen LogP contribution < -0.4 is 11.1 Å². The van der Waals surface area contributed by atoms with Crippen LogP contribution in [0.25, 0.3) is 0 Å². The van der Waals surface area contributed by atoms with Crippen LogP contribution in [0.5, 0.6) is 0 Å². The number of nitrogens with zero attached hydrogens (tertiary/aromatic N) is 1. The van der Waals surface area contributed by atoms with Gasteiger partial charge < -0.3 is 16.0 Å². The van der Waals surface area contributed by atoms with Crippen LogP contribution >= 0.6 is 0 Å². The SMILES string of the molecule is C=CC(=O)NC[C@H](CC(=O)CC(C)(C)C)C(=O)N1C[C@H]2[C@@H]([C@H]1C(=O)CC(CC1CCC1)C(=O)C(N)=O)C2(C)C. The maximum atomic E-state index is 13.9. The molecule has 1 saturated heterocycles. The number of hydrogen-bond donors (Lipinski definition) is 2. The lowest BCUT2D eigenvalue weighted by molar-refractivity contribution is -0.145. The third-order valence-corrected chi connectivity index (χ3v) is 8.98. The molecule has 216 valence electrons. The molecule has 5 atom stereocenters. The Kier molecular flexibility index (Phi) is 9.23. The summed E-state index contributed by atoms with van der Waals surface area (Å²) in [6, 6.07) is -0.739. The normalized spacial score (nSPS) is 25.1. The van der Waals surface area contributed by atoms with Gasteiger partial charge in [0.2, 0.25) is 17.6 Å². The van der Waals surface area contributed by atoms with Crippen LogP contribution in [-0.2, 0) is 28.8 Å². The number of fused-ring (bicyclic) bond motifs is 1. The van der Waals surface area contributed by atoms with Gasteiger partial charge in [-0.25, -0.2) is 0 Å². The molecule has 39 heavy (non-hydrogen) atoms. The van der Waals surface area contributed by atoms with Crippen molar-refractivity contribution < 1.29 is 28.8 Å². The molecule has 0 spiro atoms. The van der Waals surface area contributed by atoms with Crippen LogP contribution in [-0.4, -0.2) is 59.1 Å². The second kappa shape index (κ2) is 11.7. The van der Waals surface area contributed by atoms with Crippen molar-refractivity contribution in [3.8, 4) is 0 Å². The summed E-state index contributed by atoms with van der Waals surface area (Å²) < 4.78 is 0. The molecule has 0 aromatic heterocycles. The average molecular weight is 544 g/mol. The first-order valence-electron chi connectivity index (χ1n) is 14.2. The molecule has 1 heterocycles. The standard InChI is InChI=1S/C30H45N3O6/c1-7-23(36)32-15-19(12-20(34)14-29(2,3)4)28(39)33-16-21-24(30(21,5)6)25(33)22(35)13-18(26(37)27(31)38)11-17-9-8-10-17/h7,17-19,21,24-25H,1,8-16H2,2-6H3,(H2,31,38)(H,32,36)/t18?,19-,21-,24-,25+/m0/s1. The molecule has 3 aliphatic rings. The second-order valence-corrected chi connectivity index (χ2v) is 13.6. The summed E-state index contributed by atoms with van der Waals surface area (Å²) in [6.07, 6.45) is 4.65. The monoisotopic (exact) mass is 543 g/mol. The number of Topliss-reactive ketones (excluding diaryl/α,β-unsaturated/α-hetero) is 3. The molecule has 3 amide bonds. The van der Waals surface area contributed by atoms with E-state index in [1.807, 2.05) is 20.8 Å². The van der Waals surface area contributed by atoms with Crippen molar-refractivity contribution in [2.75, 3.05) is 13.1 Å². The Morgan fingerprint density at radius 3 is 2.23 bits per heavy atom. The van der Waals surface area contributed by atoms with Gasteiger partial charge in [-0.15, -0.1) is 0 Å². The highest BCUT2D eigenvalue weighted by molar-refractivity contribution is 6.36. The van der Waals surface area contributed by atoms with E-state index >= 15 is 0 Å². The van der Waals surface area contributed by atoms with E-state index in [2.05, 4.69) is 25.7 Å². The van der Waals surface area contributed by atoms with Crippen molar-refractivity contribution in [3.05, 3.63) is 12.7 Å². The van der Waals surface area contributed by atoms with Crippen molar-refractivity contribution in [1.82, 2.24) is 10.2 Å². The molecule has 0 aromatic rings. The van der Waals surface area contributed by atoms with E-state index in [9.17, 15) is 28.8 Å². The van der Waals surface area contributed by atoms with Crippen LogP contribution in [0.4, 0.5) is 0 Å². The number of hydrogen-bond acceptors (Lipinski definition) is 6. The molecule has 1 aliphatic heterocycles. The number of nitrogens with one attached hydrogen (secondary N) is 1. The Morgan fingerprint density at radius 1 is 1.08 bits per heavy atom. The van der Waals surface area contributed by atoms with E-state index < -0.39 is 35.5 Å². The van der Waals surface area contributed by atoms with Crippen molar-refractivity contribution >= 4 is 35.1 Å². The highest BCUT2D eigenvalue weighted by atomic mass is 16.2. The third kappa shape index (κ3) is 7.22. The number of amides is 3. The zero-order valence-electron chi connectivity index (χ0n) is 24.1. The molecule has 0 radical (unpaired) electrons. The van der Waals surface area contributed by atoms with Crippen LogP contribution in [0.2, 0.25) is 0 Å². The first-order chi connectivity index (χ1) is 18.1. The largest absolute Gasteiger partial charge is 0.363 e. The maximum Gasteiger partial charge on any atom is 0.285 e. The Balaban J connectivity index is 1.82. The summed E-state index contributed by atoms with van der Waals surface area (Å²) >= 11 is 0. The number of primary amides is 1. The molecular weight excluding hydrogens is 498 g/mol. The van der Waals surface area contributed by atoms with Crippen LogP contribution in [0, 0.1) is 40.4 Å². The van der Waals surface area contributed by atoms with Crippen LogP contribution in [0.3, 0.4) is 0 Å². The molecule has 0 aromatic carbocycles. The van der Waals surface area contributed by atoms with Crippen LogP contribution in [0.1, 0.15) is 79.6 Å². The van der Waals surface area contributed by atoms with Gasteiger partial charge in [0.25, 0.3) is 5.91 Å². The maximum absolute atomic E-state index is 13.9. The predicted octanol–water partition coefficient (Wildman–Crippen LogP) is 2.60. The van der Waals surface area contributed by atoms with E-state index in [1.54, 1.807) is 4.90 Å². The number of ketones is 3. The summed E-state index contributed by atoms with van der Waals surface area (Å²) in [5, 5.41) is 2.64. The fourth-order valence-corrected chi connectivity index (χ4v) is 6.58. The number of nitrogens with two attached hydrogens (primary N) is 1. The number of likely N-dealkylation sites (tertiary alicyclic amines) is 1. The van der Waals surface area contributed by atoms with Gasteiger partial charge in [-0.1, -0.05) is 60.5 Å². The van der Waals surface area contributed by atoms with Gasteiger partial charge in [0.15, 0.2) is 5.78 Å². The zero-order valence-corrected chi connectivity index (χ0v) is 24.1. The highest BCUT2D eigenvalue weighted by Crippen LogP contribution is 2.65. The predicted molar refractivity (Wildman–Crippen MR) is 146 cm³/mol. The quantitative estimate of drug-likeness (QED) is 0.255. The Labute approximate surface area is 231 Å². The second-order valence-electron chi connectivity index (χ2n) is 13.6. The summed E-state index contributed by atoms with van der Waals surface area (Å²) in [6.45, 7) is 13.7. The van der Waals surface area contributed by atoms with E-state index in [4.69, 9.17) is 5.73 Å². The van der Waals surface area contributed by atoms with Crippen molar-refractivity contribution in [2.24, 2.45) is 46.2 Å². The Hall–Kier alpha value is -2.84. The van der Waals surface area contributed by atoms with E-state index in [1.165, 1.54) is 0 Å². The number of piperidine rings is 1. The van der Waals surface area contributed by atoms with Gasteiger partial charge in [0, 0.05) is 38.3 Å². The molecule has 2 saturated carbocycles. The minimum absolute atomic E-state index is 0.0415. The molecule has 3 fully saturated rings. The molecule has 1 unspecified atom stereocenters. The summed E-state index contributed by atoms with van der Waals surface area (Å²) in [4.78, 5) is 78.4. The van der Waals surface area contributed by atoms with E-state index in [0.717, 1.165) is 25.3 Å². The summed E-state index contributed by atoms with van der Waals surface area (Å²) in [5.41, 5.74) is 4.93. The first kappa shape index (κ1) is 30.7. The molecule has 9 heteroatoms. The van der Waals surface area contributed by atoms with E-state index in [-0.39, 0.29) is 65.9 Å². The van der Waals surface area contributed by atoms with Gasteiger partial charge in [-0.05, 0) is 41.1 Å². The lowest BCUT2D eigenvalue weighted by atomic mass is 9.76. The molecular formula is C30H45N3O6. The molecule has 3 N–H and O–H groups in total. The minimum atomic E-state index is -1.04. The van der Waals surface area contributed by atoms with Gasteiger partial charge in [0.1, 0.15) is 5.78 Å². The molecule has 3 rings (SSSR count). The number of carbonyl (C=O) groups is 6. The smallest absolute Gasteiger partial charge is 0.285 e. The van der Waals surface area contributed by atoms with Crippen molar-refractivity contribution in [1.29, 1.82) is 0 Å².